The average molecular weight is 350 g/mol. The van der Waals surface area contributed by atoms with E-state index in [4.69, 9.17) is 11.6 Å². The molecule has 0 saturated carbocycles. The maximum absolute atomic E-state index is 12.8. The Morgan fingerprint density at radius 2 is 2.19 bits per heavy atom. The van der Waals surface area contributed by atoms with E-state index in [0.717, 1.165) is 0 Å². The molecule has 0 bridgehead atoms. The van der Waals surface area contributed by atoms with Gasteiger partial charge in [-0.05, 0) is 26.2 Å². The number of nitrogens with zero attached hydrogens (tertiary/aromatic N) is 3. The van der Waals surface area contributed by atoms with Gasteiger partial charge in [-0.2, -0.15) is 4.31 Å². The predicted octanol–water partition coefficient (Wildman–Crippen LogP) is 1.97. The van der Waals surface area contributed by atoms with Crippen molar-refractivity contribution in [1.29, 1.82) is 0 Å². The van der Waals surface area contributed by atoms with Crippen LogP contribution in [0.15, 0.2) is 16.6 Å². The second-order valence-electron chi connectivity index (χ2n) is 5.52. The van der Waals surface area contributed by atoms with Crippen LogP contribution in [0.1, 0.15) is 26.2 Å². The quantitative estimate of drug-likeness (QED) is 0.899. The number of aromatic nitrogens is 2. The van der Waals surface area contributed by atoms with Gasteiger partial charge < -0.3 is 5.11 Å². The molecular formula is C12H16ClN3O3S2. The lowest BCUT2D eigenvalue weighted by Gasteiger charge is -2.22. The number of hydrogen-bond acceptors (Lipinski definition) is 5. The first kappa shape index (κ1) is 15.2. The van der Waals surface area contributed by atoms with Gasteiger partial charge in [-0.25, -0.2) is 13.4 Å². The Hall–Kier alpha value is -0.670. The van der Waals surface area contributed by atoms with E-state index in [0.29, 0.717) is 30.8 Å². The average Bonchev–Trinajstić information content (AvgIpc) is 2.85. The zero-order valence-electron chi connectivity index (χ0n) is 11.5. The minimum Gasteiger partial charge on any atom is -0.390 e. The number of imidazole rings is 1. The van der Waals surface area contributed by atoms with Crippen LogP contribution < -0.4 is 0 Å². The molecule has 6 nitrogen and oxygen atoms in total. The third-order valence-corrected chi connectivity index (χ3v) is 6.84. The van der Waals surface area contributed by atoms with Gasteiger partial charge in [0.15, 0.2) is 15.1 Å². The summed E-state index contributed by atoms with van der Waals surface area (Å²) in [7, 11) is -3.72. The van der Waals surface area contributed by atoms with Gasteiger partial charge in [-0.15, -0.1) is 11.3 Å². The van der Waals surface area contributed by atoms with Crippen molar-refractivity contribution in [3.63, 3.8) is 0 Å². The van der Waals surface area contributed by atoms with E-state index in [1.54, 1.807) is 18.5 Å². The van der Waals surface area contributed by atoms with Crippen LogP contribution in [0.2, 0.25) is 5.15 Å². The Labute approximate surface area is 132 Å². The van der Waals surface area contributed by atoms with Crippen LogP contribution in [0.3, 0.4) is 0 Å². The molecule has 1 aliphatic heterocycles. The molecule has 1 aliphatic rings. The summed E-state index contributed by atoms with van der Waals surface area (Å²) < 4.78 is 28.6. The van der Waals surface area contributed by atoms with E-state index < -0.39 is 15.6 Å². The Balaban J connectivity index is 2.00. The molecule has 1 unspecified atom stereocenters. The van der Waals surface area contributed by atoms with Crippen LogP contribution in [0, 0.1) is 0 Å². The normalized spacial score (nSPS) is 25.3. The van der Waals surface area contributed by atoms with Crippen molar-refractivity contribution in [1.82, 2.24) is 13.7 Å². The van der Waals surface area contributed by atoms with Gasteiger partial charge >= 0.3 is 0 Å². The molecule has 0 amide bonds. The van der Waals surface area contributed by atoms with Gasteiger partial charge in [-0.3, -0.25) is 4.40 Å². The fourth-order valence-corrected chi connectivity index (χ4v) is 5.46. The third-order valence-electron chi connectivity index (χ3n) is 3.79. The summed E-state index contributed by atoms with van der Waals surface area (Å²) in [5, 5.41) is 11.9. The topological polar surface area (TPSA) is 74.9 Å². The lowest BCUT2D eigenvalue weighted by molar-refractivity contribution is 0.0465. The summed E-state index contributed by atoms with van der Waals surface area (Å²) in [5.41, 5.74) is -0.816. The highest BCUT2D eigenvalue weighted by molar-refractivity contribution is 7.89. The summed E-state index contributed by atoms with van der Waals surface area (Å²) in [5.74, 6) is 0. The SMILES string of the molecule is CC1(O)CCCN(S(=O)(=O)c2c(Cl)nc3sccn23)CC1. The number of rotatable bonds is 2. The molecular weight excluding hydrogens is 334 g/mol. The lowest BCUT2D eigenvalue weighted by atomic mass is 9.98. The van der Waals surface area contributed by atoms with Gasteiger partial charge in [0.25, 0.3) is 10.0 Å². The summed E-state index contributed by atoms with van der Waals surface area (Å²) in [6.07, 6.45) is 3.28. The lowest BCUT2D eigenvalue weighted by Crippen LogP contribution is -2.34. The van der Waals surface area contributed by atoms with E-state index in [9.17, 15) is 13.5 Å². The van der Waals surface area contributed by atoms with Gasteiger partial charge in [0.05, 0.1) is 5.60 Å². The van der Waals surface area contributed by atoms with Gasteiger partial charge in [0.1, 0.15) is 0 Å². The predicted molar refractivity (Wildman–Crippen MR) is 81.3 cm³/mol. The summed E-state index contributed by atoms with van der Waals surface area (Å²) >= 11 is 7.36. The molecule has 116 valence electrons. The first-order valence-electron chi connectivity index (χ1n) is 6.65. The highest BCUT2D eigenvalue weighted by atomic mass is 35.5. The number of aliphatic hydroxyl groups is 1. The molecule has 0 aromatic carbocycles. The maximum atomic E-state index is 12.8. The molecule has 9 heteroatoms. The number of thiazole rings is 1. The number of sulfonamides is 1. The van der Waals surface area contributed by atoms with Crippen molar-refractivity contribution >= 4 is 37.9 Å². The van der Waals surface area contributed by atoms with Crippen LogP contribution in [0.4, 0.5) is 0 Å². The molecule has 0 spiro atoms. The molecule has 2 aromatic rings. The third kappa shape index (κ3) is 2.70. The molecule has 1 saturated heterocycles. The Bertz CT molecular complexity index is 766. The first-order valence-corrected chi connectivity index (χ1v) is 9.35. The van der Waals surface area contributed by atoms with Crippen LogP contribution in [0.25, 0.3) is 4.96 Å². The molecule has 1 atom stereocenters. The molecule has 1 fully saturated rings. The van der Waals surface area contributed by atoms with E-state index in [-0.39, 0.29) is 16.7 Å². The number of halogens is 1. The zero-order valence-corrected chi connectivity index (χ0v) is 13.9. The second kappa shape index (κ2) is 5.20. The Morgan fingerprint density at radius 3 is 2.95 bits per heavy atom. The van der Waals surface area contributed by atoms with Crippen molar-refractivity contribution in [2.24, 2.45) is 0 Å². The minimum absolute atomic E-state index is 0.00198. The molecule has 1 N–H and O–H groups in total. The van der Waals surface area contributed by atoms with Crippen LogP contribution in [-0.4, -0.2) is 45.9 Å². The number of hydrogen-bond donors (Lipinski definition) is 1. The van der Waals surface area contributed by atoms with Crippen LogP contribution >= 0.6 is 22.9 Å². The first-order chi connectivity index (χ1) is 9.81. The zero-order chi connectivity index (χ0) is 15.3. The minimum atomic E-state index is -3.72. The Kier molecular flexibility index (Phi) is 3.77. The van der Waals surface area contributed by atoms with E-state index in [1.807, 2.05) is 0 Å². The highest BCUT2D eigenvalue weighted by Crippen LogP contribution is 2.30. The van der Waals surface area contributed by atoms with Crippen molar-refractivity contribution < 1.29 is 13.5 Å². The molecule has 2 aromatic heterocycles. The molecule has 3 heterocycles. The summed E-state index contributed by atoms with van der Waals surface area (Å²) in [6.45, 7) is 2.40. The second-order valence-corrected chi connectivity index (χ2v) is 8.60. The molecule has 3 rings (SSSR count). The van der Waals surface area contributed by atoms with Crippen molar-refractivity contribution in [2.75, 3.05) is 13.1 Å². The molecule has 0 radical (unpaired) electrons. The smallest absolute Gasteiger partial charge is 0.262 e. The standard InChI is InChI=1S/C12H16ClN3O3S2/c1-12(17)3-2-5-15(6-4-12)21(18,19)10-9(13)14-11-16(10)7-8-20-11/h7-8,17H,2-6H2,1H3. The monoisotopic (exact) mass is 349 g/mol. The summed E-state index contributed by atoms with van der Waals surface area (Å²) in [6, 6.07) is 0. The highest BCUT2D eigenvalue weighted by Gasteiger charge is 2.35. The fraction of sp³-hybridized carbons (Fsp3) is 0.583. The van der Waals surface area contributed by atoms with Gasteiger partial charge in [0.2, 0.25) is 0 Å². The summed E-state index contributed by atoms with van der Waals surface area (Å²) in [4.78, 5) is 4.63. The fourth-order valence-electron chi connectivity index (χ4n) is 2.57. The Morgan fingerprint density at radius 1 is 1.43 bits per heavy atom. The maximum Gasteiger partial charge on any atom is 0.262 e. The van der Waals surface area contributed by atoms with E-state index in [2.05, 4.69) is 4.98 Å². The molecule has 0 aliphatic carbocycles. The van der Waals surface area contributed by atoms with Crippen molar-refractivity contribution in [3.05, 3.63) is 16.7 Å². The van der Waals surface area contributed by atoms with Crippen molar-refractivity contribution in [3.8, 4) is 0 Å². The number of fused-ring (bicyclic) bond motifs is 1. The van der Waals surface area contributed by atoms with Crippen LogP contribution in [0.5, 0.6) is 0 Å². The largest absolute Gasteiger partial charge is 0.390 e. The molecule has 21 heavy (non-hydrogen) atoms. The van der Waals surface area contributed by atoms with E-state index >= 15 is 0 Å². The van der Waals surface area contributed by atoms with E-state index in [1.165, 1.54) is 20.0 Å². The van der Waals surface area contributed by atoms with Crippen molar-refractivity contribution in [2.45, 2.75) is 36.8 Å². The van der Waals surface area contributed by atoms with Gasteiger partial charge in [-0.1, -0.05) is 11.6 Å². The van der Waals surface area contributed by atoms with Gasteiger partial charge in [0, 0.05) is 24.7 Å². The van der Waals surface area contributed by atoms with Crippen LogP contribution in [-0.2, 0) is 10.0 Å².